The fourth-order valence-electron chi connectivity index (χ4n) is 2.79. The van der Waals surface area contributed by atoms with Crippen LogP contribution >= 0.6 is 11.3 Å². The summed E-state index contributed by atoms with van der Waals surface area (Å²) in [6, 6.07) is 9.22. The molecule has 4 nitrogen and oxygen atoms in total. The van der Waals surface area contributed by atoms with Gasteiger partial charge in [-0.2, -0.15) is 0 Å². The SMILES string of the molecule is COc1ccc(Cn2cnc3c(sc4cccc(F)c43)c2=O)cc1F. The van der Waals surface area contributed by atoms with Crippen LogP contribution in [0.3, 0.4) is 0 Å². The normalized spacial score (nSPS) is 11.3. The third-order valence-electron chi connectivity index (χ3n) is 3.99. The van der Waals surface area contributed by atoms with Crippen molar-refractivity contribution in [3.8, 4) is 5.75 Å². The fraction of sp³-hybridized carbons (Fsp3) is 0.111. The van der Waals surface area contributed by atoms with Crippen LogP contribution < -0.4 is 10.3 Å². The molecule has 4 aromatic rings. The molecule has 0 radical (unpaired) electrons. The monoisotopic (exact) mass is 358 g/mol. The molecule has 0 atom stereocenters. The van der Waals surface area contributed by atoms with Gasteiger partial charge in [0, 0.05) is 4.70 Å². The van der Waals surface area contributed by atoms with Crippen LogP contribution in [0, 0.1) is 11.6 Å². The molecule has 0 fully saturated rings. The van der Waals surface area contributed by atoms with Gasteiger partial charge in [0.05, 0.1) is 30.9 Å². The lowest BCUT2D eigenvalue weighted by atomic mass is 10.2. The van der Waals surface area contributed by atoms with Crippen molar-refractivity contribution in [2.75, 3.05) is 7.11 Å². The maximum atomic E-state index is 14.0. The van der Waals surface area contributed by atoms with Crippen LogP contribution in [0.15, 0.2) is 47.5 Å². The van der Waals surface area contributed by atoms with Crippen molar-refractivity contribution >= 4 is 31.6 Å². The van der Waals surface area contributed by atoms with E-state index in [1.54, 1.807) is 18.2 Å². The van der Waals surface area contributed by atoms with E-state index in [-0.39, 0.29) is 17.9 Å². The Hall–Kier alpha value is -2.80. The largest absolute Gasteiger partial charge is 0.494 e. The first-order valence-electron chi connectivity index (χ1n) is 7.47. The first-order chi connectivity index (χ1) is 12.1. The molecule has 0 saturated heterocycles. The quantitative estimate of drug-likeness (QED) is 0.557. The van der Waals surface area contributed by atoms with Crippen LogP contribution in [-0.4, -0.2) is 16.7 Å². The van der Waals surface area contributed by atoms with Crippen LogP contribution in [0.25, 0.3) is 20.3 Å². The van der Waals surface area contributed by atoms with E-state index in [1.165, 1.54) is 47.5 Å². The maximum Gasteiger partial charge on any atom is 0.271 e. The van der Waals surface area contributed by atoms with Crippen LogP contribution in [0.1, 0.15) is 5.56 Å². The van der Waals surface area contributed by atoms with Gasteiger partial charge in [-0.3, -0.25) is 9.36 Å². The molecular weight excluding hydrogens is 346 g/mol. The number of benzene rings is 2. The molecule has 4 rings (SSSR count). The molecule has 0 aliphatic rings. The number of rotatable bonds is 3. The number of hydrogen-bond donors (Lipinski definition) is 0. The second-order valence-corrected chi connectivity index (χ2v) is 6.59. The van der Waals surface area contributed by atoms with Gasteiger partial charge in [-0.25, -0.2) is 13.8 Å². The van der Waals surface area contributed by atoms with E-state index in [4.69, 9.17) is 4.74 Å². The van der Waals surface area contributed by atoms with Gasteiger partial charge in [0.1, 0.15) is 10.5 Å². The number of thiophene rings is 1. The summed E-state index contributed by atoms with van der Waals surface area (Å²) in [7, 11) is 1.39. The molecule has 0 saturated carbocycles. The van der Waals surface area contributed by atoms with E-state index in [1.807, 2.05) is 0 Å². The Labute approximate surface area is 144 Å². The Morgan fingerprint density at radius 2 is 2.04 bits per heavy atom. The molecule has 0 aliphatic carbocycles. The lowest BCUT2D eigenvalue weighted by Gasteiger charge is -2.07. The smallest absolute Gasteiger partial charge is 0.271 e. The Morgan fingerprint density at radius 1 is 1.20 bits per heavy atom. The zero-order chi connectivity index (χ0) is 17.6. The molecule has 0 spiro atoms. The highest BCUT2D eigenvalue weighted by Gasteiger charge is 2.15. The van der Waals surface area contributed by atoms with Crippen LogP contribution in [0.5, 0.6) is 5.75 Å². The first kappa shape index (κ1) is 15.7. The molecule has 0 amide bonds. The number of methoxy groups -OCH3 is 1. The van der Waals surface area contributed by atoms with Gasteiger partial charge in [-0.1, -0.05) is 12.1 Å². The predicted octanol–water partition coefficient (Wildman–Crippen LogP) is 3.95. The highest BCUT2D eigenvalue weighted by atomic mass is 32.1. The van der Waals surface area contributed by atoms with Gasteiger partial charge in [0.15, 0.2) is 11.6 Å². The third kappa shape index (κ3) is 2.56. The van der Waals surface area contributed by atoms with Crippen molar-refractivity contribution in [3.05, 3.63) is 70.3 Å². The third-order valence-corrected chi connectivity index (χ3v) is 5.12. The van der Waals surface area contributed by atoms with Crippen molar-refractivity contribution in [1.29, 1.82) is 0 Å². The van der Waals surface area contributed by atoms with Gasteiger partial charge in [-0.05, 0) is 29.8 Å². The standard InChI is InChI=1S/C18H12F2N2O2S/c1-24-13-6-5-10(7-12(13)20)8-22-9-21-16-15-11(19)3-2-4-14(15)25-17(16)18(22)23/h2-7,9H,8H2,1H3. The number of halogens is 2. The van der Waals surface area contributed by atoms with Gasteiger partial charge in [0.25, 0.3) is 5.56 Å². The average Bonchev–Trinajstić information content (AvgIpc) is 2.98. The van der Waals surface area contributed by atoms with Crippen molar-refractivity contribution in [3.63, 3.8) is 0 Å². The minimum atomic E-state index is -0.494. The van der Waals surface area contributed by atoms with Gasteiger partial charge >= 0.3 is 0 Å². The average molecular weight is 358 g/mol. The topological polar surface area (TPSA) is 44.1 Å². The summed E-state index contributed by atoms with van der Waals surface area (Å²) in [6.45, 7) is 0.166. The number of nitrogens with zero attached hydrogens (tertiary/aromatic N) is 2. The highest BCUT2D eigenvalue weighted by Crippen LogP contribution is 2.32. The Kier molecular flexibility index (Phi) is 3.73. The van der Waals surface area contributed by atoms with Gasteiger partial charge in [0.2, 0.25) is 0 Å². The molecule has 0 unspecified atom stereocenters. The summed E-state index contributed by atoms with van der Waals surface area (Å²) < 4.78 is 35.2. The number of fused-ring (bicyclic) bond motifs is 3. The van der Waals surface area contributed by atoms with Crippen molar-refractivity contribution < 1.29 is 13.5 Å². The van der Waals surface area contributed by atoms with Crippen LogP contribution in [0.2, 0.25) is 0 Å². The molecular formula is C18H12F2N2O2S. The van der Waals surface area contributed by atoms with Gasteiger partial charge < -0.3 is 4.74 Å². The Balaban J connectivity index is 1.82. The maximum absolute atomic E-state index is 14.0. The second kappa shape index (κ2) is 5.93. The predicted molar refractivity (Wildman–Crippen MR) is 93.4 cm³/mol. The fourth-order valence-corrected chi connectivity index (χ4v) is 3.91. The van der Waals surface area contributed by atoms with Crippen LogP contribution in [0.4, 0.5) is 8.78 Å². The highest BCUT2D eigenvalue weighted by molar-refractivity contribution is 7.25. The van der Waals surface area contributed by atoms with E-state index in [2.05, 4.69) is 4.98 Å². The van der Waals surface area contributed by atoms with Crippen LogP contribution in [-0.2, 0) is 6.54 Å². The number of ether oxygens (including phenoxy) is 1. The Bertz CT molecular complexity index is 1170. The van der Waals surface area contributed by atoms with Crippen molar-refractivity contribution in [2.24, 2.45) is 0 Å². The minimum Gasteiger partial charge on any atom is -0.494 e. The summed E-state index contributed by atoms with van der Waals surface area (Å²) in [5, 5.41) is 0.363. The first-order valence-corrected chi connectivity index (χ1v) is 8.28. The lowest BCUT2D eigenvalue weighted by molar-refractivity contribution is 0.386. The van der Waals surface area contributed by atoms with Gasteiger partial charge in [-0.15, -0.1) is 11.3 Å². The summed E-state index contributed by atoms with van der Waals surface area (Å²) in [4.78, 5) is 17.0. The lowest BCUT2D eigenvalue weighted by Crippen LogP contribution is -2.20. The molecule has 7 heteroatoms. The van der Waals surface area contributed by atoms with E-state index in [9.17, 15) is 13.6 Å². The van der Waals surface area contributed by atoms with E-state index >= 15 is 0 Å². The Morgan fingerprint density at radius 3 is 2.80 bits per heavy atom. The van der Waals surface area contributed by atoms with E-state index in [0.29, 0.717) is 25.9 Å². The zero-order valence-electron chi connectivity index (χ0n) is 13.1. The summed E-state index contributed by atoms with van der Waals surface area (Å²) in [5.41, 5.74) is 0.691. The zero-order valence-corrected chi connectivity index (χ0v) is 13.9. The molecule has 0 N–H and O–H groups in total. The molecule has 0 bridgehead atoms. The van der Waals surface area contributed by atoms with E-state index in [0.717, 1.165) is 0 Å². The van der Waals surface area contributed by atoms with Crippen molar-refractivity contribution in [1.82, 2.24) is 9.55 Å². The molecule has 0 aliphatic heterocycles. The number of hydrogen-bond acceptors (Lipinski definition) is 4. The minimum absolute atomic E-state index is 0.143. The molecule has 2 aromatic carbocycles. The summed E-state index contributed by atoms with van der Waals surface area (Å²) in [6.07, 6.45) is 1.37. The molecule has 2 aromatic heterocycles. The van der Waals surface area contributed by atoms with Crippen molar-refractivity contribution in [2.45, 2.75) is 6.54 Å². The summed E-state index contributed by atoms with van der Waals surface area (Å²) in [5.74, 6) is -0.749. The molecule has 2 heterocycles. The molecule has 25 heavy (non-hydrogen) atoms. The number of aromatic nitrogens is 2. The molecule has 126 valence electrons. The van der Waals surface area contributed by atoms with E-state index < -0.39 is 11.6 Å². The summed E-state index contributed by atoms with van der Waals surface area (Å²) >= 11 is 1.21. The second-order valence-electron chi connectivity index (χ2n) is 5.54.